The molecule has 0 aliphatic rings. The van der Waals surface area contributed by atoms with Crippen LogP contribution >= 0.6 is 12.4 Å². The van der Waals surface area contributed by atoms with Gasteiger partial charge in [0.2, 0.25) is 5.91 Å². The fraction of sp³-hybridized carbons (Fsp3) is 0.200. The van der Waals surface area contributed by atoms with Crippen LogP contribution < -0.4 is 11.3 Å². The Bertz CT molecular complexity index is 1490. The van der Waals surface area contributed by atoms with Crippen molar-refractivity contribution >= 4 is 29.7 Å². The van der Waals surface area contributed by atoms with Gasteiger partial charge in [0.05, 0.1) is 5.69 Å². The highest BCUT2D eigenvalue weighted by atomic mass is 35.5. The molecule has 0 bridgehead atoms. The first-order valence-corrected chi connectivity index (χ1v) is 14.3. The number of nitrogen functional groups attached to an aromatic ring is 1. The third-order valence-corrected chi connectivity index (χ3v) is 6.07. The number of carbonyl (C=O) groups excluding carboxylic acids is 1. The van der Waals surface area contributed by atoms with Crippen molar-refractivity contribution in [2.45, 2.75) is 46.5 Å². The molecule has 1 aromatic heterocycles. The molecule has 5 aromatic rings. The first kappa shape index (κ1) is 34.6. The van der Waals surface area contributed by atoms with Gasteiger partial charge in [-0.05, 0) is 49.6 Å². The van der Waals surface area contributed by atoms with Gasteiger partial charge in [-0.25, -0.2) is 14.7 Å². The van der Waals surface area contributed by atoms with Crippen molar-refractivity contribution in [2.75, 3.05) is 5.43 Å². The number of nitrogens with one attached hydrogen (secondary N) is 1. The van der Waals surface area contributed by atoms with Gasteiger partial charge in [0.15, 0.2) is 5.82 Å². The molecule has 8 heteroatoms. The highest BCUT2D eigenvalue weighted by Crippen LogP contribution is 2.18. The number of aryl methyl sites for hydroxylation is 1. The van der Waals surface area contributed by atoms with E-state index in [1.807, 2.05) is 128 Å². The number of benzene rings is 4. The van der Waals surface area contributed by atoms with E-state index in [1.54, 1.807) is 0 Å². The minimum atomic E-state index is -0.0335. The van der Waals surface area contributed by atoms with Gasteiger partial charge in [0.25, 0.3) is 0 Å². The molecule has 0 unspecified atom stereocenters. The van der Waals surface area contributed by atoms with E-state index in [0.717, 1.165) is 59.1 Å². The molecule has 224 valence electrons. The smallest absolute Gasteiger partial charge is 0.245 e. The molecular formula is C35H41ClN6O. The molecule has 1 heterocycles. The number of halogens is 1. The Morgan fingerprint density at radius 1 is 0.791 bits per heavy atom. The zero-order valence-corrected chi connectivity index (χ0v) is 25.9. The summed E-state index contributed by atoms with van der Waals surface area (Å²) in [6.45, 7) is 6.00. The van der Waals surface area contributed by atoms with Crippen LogP contribution in [0.2, 0.25) is 0 Å². The van der Waals surface area contributed by atoms with Gasteiger partial charge in [0.1, 0.15) is 5.82 Å². The fourth-order valence-corrected chi connectivity index (χ4v) is 3.95. The molecule has 1 amide bonds. The molecule has 3 N–H and O–H groups in total. The minimum absolute atomic E-state index is 0. The molecule has 4 aromatic carbocycles. The molecule has 0 saturated heterocycles. The summed E-state index contributed by atoms with van der Waals surface area (Å²) in [6, 6.07) is 39.6. The van der Waals surface area contributed by atoms with E-state index in [4.69, 9.17) is 10.8 Å². The van der Waals surface area contributed by atoms with Crippen molar-refractivity contribution in [1.82, 2.24) is 14.8 Å². The number of para-hydroxylation sites is 2. The highest BCUT2D eigenvalue weighted by Gasteiger charge is 2.12. The second-order valence-corrected chi connectivity index (χ2v) is 9.43. The van der Waals surface area contributed by atoms with Gasteiger partial charge in [-0.2, -0.15) is 0 Å². The van der Waals surface area contributed by atoms with Crippen LogP contribution in [0.1, 0.15) is 51.4 Å². The van der Waals surface area contributed by atoms with E-state index in [0.29, 0.717) is 6.42 Å². The lowest BCUT2D eigenvalue weighted by Gasteiger charge is -2.03. The van der Waals surface area contributed by atoms with Crippen molar-refractivity contribution in [1.29, 1.82) is 0 Å². The number of anilines is 1. The second-order valence-electron chi connectivity index (χ2n) is 9.43. The van der Waals surface area contributed by atoms with Crippen LogP contribution in [0.15, 0.2) is 126 Å². The van der Waals surface area contributed by atoms with Crippen molar-refractivity contribution in [2.24, 2.45) is 10.8 Å². The third kappa shape index (κ3) is 11.7. The SMILES string of the molecule is CCCC(=O)N=C(C)c1ccccc1.CCCc1nc(-c2ccccc2)nn1-c1ccccc1.Cl.NNc1ccccc1. The Balaban J connectivity index is 0.000000245. The average Bonchev–Trinajstić information content (AvgIpc) is 3.47. The van der Waals surface area contributed by atoms with E-state index in [-0.39, 0.29) is 18.3 Å². The molecule has 43 heavy (non-hydrogen) atoms. The summed E-state index contributed by atoms with van der Waals surface area (Å²) >= 11 is 0. The Hall–Kier alpha value is -4.59. The topological polar surface area (TPSA) is 98.2 Å². The monoisotopic (exact) mass is 596 g/mol. The Morgan fingerprint density at radius 3 is 1.84 bits per heavy atom. The summed E-state index contributed by atoms with van der Waals surface area (Å²) in [7, 11) is 0. The largest absolute Gasteiger partial charge is 0.324 e. The zero-order chi connectivity index (χ0) is 30.0. The normalized spacial score (nSPS) is 10.3. The summed E-state index contributed by atoms with van der Waals surface area (Å²) in [4.78, 5) is 20.0. The molecular weight excluding hydrogens is 556 g/mol. The quantitative estimate of drug-likeness (QED) is 0.107. The number of hydrogen-bond donors (Lipinski definition) is 2. The lowest BCUT2D eigenvalue weighted by atomic mass is 10.1. The van der Waals surface area contributed by atoms with Gasteiger partial charge in [-0.3, -0.25) is 10.6 Å². The number of hydrogen-bond acceptors (Lipinski definition) is 5. The predicted octanol–water partition coefficient (Wildman–Crippen LogP) is 8.10. The van der Waals surface area contributed by atoms with Gasteiger partial charge >= 0.3 is 0 Å². The van der Waals surface area contributed by atoms with E-state index in [2.05, 4.69) is 34.6 Å². The number of rotatable bonds is 8. The van der Waals surface area contributed by atoms with Crippen molar-refractivity contribution < 1.29 is 4.79 Å². The number of amides is 1. The minimum Gasteiger partial charge on any atom is -0.324 e. The Morgan fingerprint density at radius 2 is 1.33 bits per heavy atom. The van der Waals surface area contributed by atoms with E-state index < -0.39 is 0 Å². The first-order valence-electron chi connectivity index (χ1n) is 14.3. The molecule has 0 saturated carbocycles. The maximum Gasteiger partial charge on any atom is 0.245 e. The third-order valence-electron chi connectivity index (χ3n) is 6.07. The maximum atomic E-state index is 11.2. The lowest BCUT2D eigenvalue weighted by Crippen LogP contribution is -2.05. The van der Waals surface area contributed by atoms with Gasteiger partial charge in [-0.1, -0.05) is 111 Å². The molecule has 7 nitrogen and oxygen atoms in total. The number of aromatic nitrogens is 3. The summed E-state index contributed by atoms with van der Waals surface area (Å²) in [5.74, 6) is 6.87. The van der Waals surface area contributed by atoms with E-state index in [9.17, 15) is 4.79 Å². The van der Waals surface area contributed by atoms with Gasteiger partial charge in [0, 0.05) is 29.8 Å². The fourth-order valence-electron chi connectivity index (χ4n) is 3.95. The van der Waals surface area contributed by atoms with E-state index >= 15 is 0 Å². The molecule has 0 radical (unpaired) electrons. The number of carbonyl (C=O) groups is 1. The maximum absolute atomic E-state index is 11.2. The number of nitrogens with zero attached hydrogens (tertiary/aromatic N) is 4. The molecule has 0 atom stereocenters. The van der Waals surface area contributed by atoms with Crippen LogP contribution in [0.25, 0.3) is 17.1 Å². The van der Waals surface area contributed by atoms with Crippen molar-refractivity contribution in [3.05, 3.63) is 133 Å². The standard InChI is InChI=1S/C17H17N3.C12H15NO.C6H8N2.ClH/c1-2-9-16-18-17(14-10-5-3-6-11-14)19-20(16)15-12-7-4-8-13-15;1-3-7-12(14)13-10(2)11-8-5-4-6-9-11;7-8-6-4-2-1-3-5-6;/h3-8,10-13H,2,9H2,1H3;4-6,8-9H,3,7H2,1-2H3;1-5,8H,7H2;1H. The van der Waals surface area contributed by atoms with Crippen LogP contribution in [-0.4, -0.2) is 26.4 Å². The predicted molar refractivity (Wildman–Crippen MR) is 181 cm³/mol. The highest BCUT2D eigenvalue weighted by molar-refractivity contribution is 6.04. The Kier molecular flexibility index (Phi) is 15.7. The first-order chi connectivity index (χ1) is 20.5. The zero-order valence-electron chi connectivity index (χ0n) is 25.1. The van der Waals surface area contributed by atoms with Crippen LogP contribution in [-0.2, 0) is 11.2 Å². The summed E-state index contributed by atoms with van der Waals surface area (Å²) in [6.07, 6.45) is 3.36. The van der Waals surface area contributed by atoms with Crippen LogP contribution in [0.5, 0.6) is 0 Å². The van der Waals surface area contributed by atoms with E-state index in [1.165, 1.54) is 0 Å². The van der Waals surface area contributed by atoms with Crippen LogP contribution in [0.3, 0.4) is 0 Å². The van der Waals surface area contributed by atoms with Crippen molar-refractivity contribution in [3.63, 3.8) is 0 Å². The second kappa shape index (κ2) is 19.5. The van der Waals surface area contributed by atoms with Crippen LogP contribution in [0.4, 0.5) is 5.69 Å². The summed E-state index contributed by atoms with van der Waals surface area (Å²) in [5.41, 5.74) is 7.39. The molecule has 0 aliphatic heterocycles. The van der Waals surface area contributed by atoms with Gasteiger partial charge in [-0.15, -0.1) is 17.5 Å². The average molecular weight is 597 g/mol. The molecule has 0 spiro atoms. The molecule has 5 rings (SSSR count). The number of aliphatic imine (C=N–C) groups is 1. The van der Waals surface area contributed by atoms with Crippen LogP contribution in [0, 0.1) is 0 Å². The van der Waals surface area contributed by atoms with Crippen molar-refractivity contribution in [3.8, 4) is 17.1 Å². The Labute approximate surface area is 261 Å². The number of nitrogens with two attached hydrogens (primary N) is 1. The lowest BCUT2D eigenvalue weighted by molar-refractivity contribution is -0.117. The molecule has 0 aliphatic carbocycles. The van der Waals surface area contributed by atoms with Gasteiger partial charge < -0.3 is 5.43 Å². The summed E-state index contributed by atoms with van der Waals surface area (Å²) < 4.78 is 1.95. The molecule has 0 fully saturated rings. The number of hydrazine groups is 1. The summed E-state index contributed by atoms with van der Waals surface area (Å²) in [5, 5.41) is 4.67.